The highest BCUT2D eigenvalue weighted by molar-refractivity contribution is 5.61. The number of nitrogens with zero attached hydrogens (tertiary/aromatic N) is 4. The molecule has 136 valence electrons. The minimum atomic E-state index is -4.75. The Kier molecular flexibility index (Phi) is 4.31. The molecular weight excluding hydrogens is 349 g/mol. The Morgan fingerprint density at radius 3 is 2.19 bits per heavy atom. The van der Waals surface area contributed by atoms with Crippen LogP contribution in [0.15, 0.2) is 30.3 Å². The molecule has 0 spiro atoms. The van der Waals surface area contributed by atoms with Crippen molar-refractivity contribution in [2.45, 2.75) is 27.1 Å². The van der Waals surface area contributed by atoms with E-state index in [1.54, 1.807) is 13.8 Å². The summed E-state index contributed by atoms with van der Waals surface area (Å²) in [6, 6.07) is 6.61. The van der Waals surface area contributed by atoms with Crippen molar-refractivity contribution in [3.8, 4) is 28.7 Å². The number of alkyl halides is 3. The van der Waals surface area contributed by atoms with Gasteiger partial charge >= 0.3 is 6.36 Å². The van der Waals surface area contributed by atoms with Crippen LogP contribution in [0.4, 0.5) is 13.2 Å². The molecule has 0 fully saturated rings. The zero-order chi connectivity index (χ0) is 19.1. The van der Waals surface area contributed by atoms with Crippen molar-refractivity contribution in [3.05, 3.63) is 47.4 Å². The number of aromatic nitrogens is 4. The van der Waals surface area contributed by atoms with Crippen LogP contribution in [0.25, 0.3) is 17.1 Å². The highest BCUT2D eigenvalue weighted by atomic mass is 19.4. The standard InChI is InChI=1S/C17H15F3N4O2/c1-9-10(2)22-16(11(3)21-9)24-15(25)8-14(23-24)12-4-6-13(7-5-12)26-17(18,19)20/h4-8,25H,1-3H3. The molecule has 0 aliphatic heterocycles. The first kappa shape index (κ1) is 17.7. The van der Waals surface area contributed by atoms with E-state index < -0.39 is 6.36 Å². The Bertz CT molecular complexity index is 950. The lowest BCUT2D eigenvalue weighted by Gasteiger charge is -2.09. The highest BCUT2D eigenvalue weighted by Crippen LogP contribution is 2.29. The van der Waals surface area contributed by atoms with Crippen molar-refractivity contribution in [1.82, 2.24) is 19.7 Å². The molecule has 1 N–H and O–H groups in total. The maximum atomic E-state index is 12.2. The number of hydrogen-bond donors (Lipinski definition) is 1. The van der Waals surface area contributed by atoms with Crippen LogP contribution >= 0.6 is 0 Å². The summed E-state index contributed by atoms with van der Waals surface area (Å²) in [7, 11) is 0. The molecule has 0 aliphatic rings. The first-order valence-corrected chi connectivity index (χ1v) is 7.61. The van der Waals surface area contributed by atoms with E-state index in [0.717, 1.165) is 5.69 Å². The van der Waals surface area contributed by atoms with Gasteiger partial charge < -0.3 is 9.84 Å². The number of aromatic hydroxyl groups is 1. The summed E-state index contributed by atoms with van der Waals surface area (Å²) in [5, 5.41) is 14.5. The summed E-state index contributed by atoms with van der Waals surface area (Å²) < 4.78 is 41.7. The van der Waals surface area contributed by atoms with Gasteiger partial charge in [-0.05, 0) is 45.0 Å². The molecule has 0 bridgehead atoms. The number of aryl methyl sites for hydroxylation is 3. The average molecular weight is 364 g/mol. The van der Waals surface area contributed by atoms with Crippen LogP contribution < -0.4 is 4.74 Å². The molecule has 0 aliphatic carbocycles. The summed E-state index contributed by atoms with van der Waals surface area (Å²) in [6.45, 7) is 5.38. The molecular formula is C17H15F3N4O2. The third-order valence-electron chi connectivity index (χ3n) is 3.73. The minimum absolute atomic E-state index is 0.156. The predicted octanol–water partition coefficient (Wildman–Crippen LogP) is 3.86. The van der Waals surface area contributed by atoms with E-state index in [0.29, 0.717) is 28.5 Å². The molecule has 0 amide bonds. The molecule has 2 heterocycles. The van der Waals surface area contributed by atoms with Gasteiger partial charge in [-0.2, -0.15) is 9.78 Å². The molecule has 0 unspecified atom stereocenters. The molecule has 0 saturated carbocycles. The summed E-state index contributed by atoms with van der Waals surface area (Å²) in [4.78, 5) is 8.76. The van der Waals surface area contributed by atoms with Crippen LogP contribution in [0.1, 0.15) is 17.1 Å². The number of ether oxygens (including phenoxy) is 1. The summed E-state index contributed by atoms with van der Waals surface area (Å²) in [5.41, 5.74) is 2.96. The Hall–Kier alpha value is -3.10. The lowest BCUT2D eigenvalue weighted by Crippen LogP contribution is -2.16. The van der Waals surface area contributed by atoms with Crippen molar-refractivity contribution >= 4 is 0 Å². The van der Waals surface area contributed by atoms with Gasteiger partial charge in [-0.3, -0.25) is 4.98 Å². The van der Waals surface area contributed by atoms with E-state index in [-0.39, 0.29) is 11.6 Å². The largest absolute Gasteiger partial charge is 0.573 e. The molecule has 0 radical (unpaired) electrons. The van der Waals surface area contributed by atoms with Crippen LogP contribution in [0, 0.1) is 20.8 Å². The van der Waals surface area contributed by atoms with E-state index in [1.807, 2.05) is 6.92 Å². The summed E-state index contributed by atoms with van der Waals surface area (Å²) in [5.74, 6) is -0.106. The first-order valence-electron chi connectivity index (χ1n) is 7.61. The molecule has 6 nitrogen and oxygen atoms in total. The Morgan fingerprint density at radius 2 is 1.58 bits per heavy atom. The number of halogens is 3. The van der Waals surface area contributed by atoms with Gasteiger partial charge in [0.25, 0.3) is 0 Å². The fraction of sp³-hybridized carbons (Fsp3) is 0.235. The van der Waals surface area contributed by atoms with Crippen LogP contribution in [0.5, 0.6) is 11.6 Å². The molecule has 2 aromatic heterocycles. The zero-order valence-corrected chi connectivity index (χ0v) is 14.2. The summed E-state index contributed by atoms with van der Waals surface area (Å²) >= 11 is 0. The second-order valence-corrected chi connectivity index (χ2v) is 5.68. The Labute approximate surface area is 146 Å². The fourth-order valence-corrected chi connectivity index (χ4v) is 2.40. The van der Waals surface area contributed by atoms with Crippen molar-refractivity contribution < 1.29 is 23.0 Å². The quantitative estimate of drug-likeness (QED) is 0.764. The van der Waals surface area contributed by atoms with Crippen LogP contribution in [-0.2, 0) is 0 Å². The van der Waals surface area contributed by atoms with Gasteiger partial charge in [0.2, 0.25) is 5.88 Å². The van der Waals surface area contributed by atoms with Gasteiger partial charge in [0.1, 0.15) is 5.75 Å². The van der Waals surface area contributed by atoms with Gasteiger partial charge in [-0.15, -0.1) is 13.2 Å². The number of benzene rings is 1. The van der Waals surface area contributed by atoms with Crippen molar-refractivity contribution in [2.24, 2.45) is 0 Å². The van der Waals surface area contributed by atoms with Gasteiger partial charge in [-0.25, -0.2) is 4.98 Å². The third kappa shape index (κ3) is 3.61. The Morgan fingerprint density at radius 1 is 0.962 bits per heavy atom. The van der Waals surface area contributed by atoms with Crippen LogP contribution in [-0.4, -0.2) is 31.2 Å². The monoisotopic (exact) mass is 364 g/mol. The van der Waals surface area contributed by atoms with Crippen molar-refractivity contribution in [3.63, 3.8) is 0 Å². The van der Waals surface area contributed by atoms with Gasteiger partial charge in [0, 0.05) is 11.6 Å². The van der Waals surface area contributed by atoms with Crippen molar-refractivity contribution in [2.75, 3.05) is 0 Å². The molecule has 0 saturated heterocycles. The molecule has 0 atom stereocenters. The van der Waals surface area contributed by atoms with Crippen molar-refractivity contribution in [1.29, 1.82) is 0 Å². The summed E-state index contributed by atoms with van der Waals surface area (Å²) in [6.07, 6.45) is -4.75. The first-order chi connectivity index (χ1) is 12.1. The molecule has 3 rings (SSSR count). The minimum Gasteiger partial charge on any atom is -0.493 e. The average Bonchev–Trinajstić information content (AvgIpc) is 2.92. The molecule has 26 heavy (non-hydrogen) atoms. The second kappa shape index (κ2) is 6.32. The van der Waals surface area contributed by atoms with E-state index >= 15 is 0 Å². The molecule has 9 heteroatoms. The molecule has 3 aromatic rings. The molecule has 1 aromatic carbocycles. The SMILES string of the molecule is Cc1nc(C)c(-n2nc(-c3ccc(OC(F)(F)F)cc3)cc2O)nc1C. The third-order valence-corrected chi connectivity index (χ3v) is 3.73. The zero-order valence-electron chi connectivity index (χ0n) is 14.2. The topological polar surface area (TPSA) is 73.1 Å². The van der Waals surface area contributed by atoms with E-state index in [4.69, 9.17) is 0 Å². The van der Waals surface area contributed by atoms with E-state index in [9.17, 15) is 18.3 Å². The van der Waals surface area contributed by atoms with Gasteiger partial charge in [-0.1, -0.05) is 0 Å². The van der Waals surface area contributed by atoms with Gasteiger partial charge in [0.15, 0.2) is 5.82 Å². The smallest absolute Gasteiger partial charge is 0.493 e. The predicted molar refractivity (Wildman–Crippen MR) is 87.1 cm³/mol. The normalized spacial score (nSPS) is 11.6. The van der Waals surface area contributed by atoms with Gasteiger partial charge in [0.05, 0.1) is 22.8 Å². The number of rotatable bonds is 3. The number of hydrogen-bond acceptors (Lipinski definition) is 5. The maximum absolute atomic E-state index is 12.2. The lowest BCUT2D eigenvalue weighted by atomic mass is 10.1. The van der Waals surface area contributed by atoms with Crippen LogP contribution in [0.3, 0.4) is 0 Å². The van der Waals surface area contributed by atoms with E-state index in [1.165, 1.54) is 35.0 Å². The fourth-order valence-electron chi connectivity index (χ4n) is 2.40. The Balaban J connectivity index is 1.95. The highest BCUT2D eigenvalue weighted by Gasteiger charge is 2.31. The van der Waals surface area contributed by atoms with Crippen LogP contribution in [0.2, 0.25) is 0 Å². The van der Waals surface area contributed by atoms with E-state index in [2.05, 4.69) is 19.8 Å². The second-order valence-electron chi connectivity index (χ2n) is 5.68. The lowest BCUT2D eigenvalue weighted by molar-refractivity contribution is -0.274. The maximum Gasteiger partial charge on any atom is 0.573 e.